The standard InChI is InChI=1S/C24H26ClFN4O2/c1-28(24(31)16-32-2)15-22-20-14-29(13-17-5-3-4-6-21(17)26)12-11-23(20)30(27-22)19-9-7-18(25)8-10-19/h3-10H,11-16H2,1-2H3. The molecule has 32 heavy (non-hydrogen) atoms. The van der Waals surface area contributed by atoms with Crippen molar-refractivity contribution in [3.63, 3.8) is 0 Å². The van der Waals surface area contributed by atoms with Crippen LogP contribution in [0.25, 0.3) is 5.69 Å². The van der Waals surface area contributed by atoms with Crippen molar-refractivity contribution in [2.24, 2.45) is 0 Å². The van der Waals surface area contributed by atoms with Crippen molar-refractivity contribution in [2.75, 3.05) is 27.3 Å². The molecule has 0 saturated heterocycles. The molecule has 0 aliphatic carbocycles. The highest BCUT2D eigenvalue weighted by molar-refractivity contribution is 6.30. The Balaban J connectivity index is 1.65. The van der Waals surface area contributed by atoms with Crippen LogP contribution in [-0.2, 0) is 35.6 Å². The van der Waals surface area contributed by atoms with Gasteiger partial charge in [0.1, 0.15) is 12.4 Å². The summed E-state index contributed by atoms with van der Waals surface area (Å²) < 4.78 is 21.1. The number of hydrogen-bond acceptors (Lipinski definition) is 4. The molecule has 1 aromatic heterocycles. The van der Waals surface area contributed by atoms with E-state index in [0.717, 1.165) is 35.6 Å². The number of halogens is 2. The zero-order valence-corrected chi connectivity index (χ0v) is 19.0. The van der Waals surface area contributed by atoms with Gasteiger partial charge in [-0.3, -0.25) is 9.69 Å². The van der Waals surface area contributed by atoms with Crippen LogP contribution in [0.3, 0.4) is 0 Å². The molecule has 1 aliphatic rings. The molecule has 0 saturated carbocycles. The Kier molecular flexibility index (Phi) is 6.89. The van der Waals surface area contributed by atoms with Crippen LogP contribution < -0.4 is 0 Å². The third-order valence-corrected chi connectivity index (χ3v) is 5.98. The fourth-order valence-corrected chi connectivity index (χ4v) is 4.14. The maximum Gasteiger partial charge on any atom is 0.248 e. The number of aromatic nitrogens is 2. The number of hydrogen-bond donors (Lipinski definition) is 0. The Morgan fingerprint density at radius 3 is 2.69 bits per heavy atom. The first-order chi connectivity index (χ1) is 15.5. The summed E-state index contributed by atoms with van der Waals surface area (Å²) in [6, 6.07) is 14.4. The largest absolute Gasteiger partial charge is 0.375 e. The van der Waals surface area contributed by atoms with Gasteiger partial charge in [-0.05, 0) is 30.3 Å². The minimum Gasteiger partial charge on any atom is -0.375 e. The number of benzene rings is 2. The lowest BCUT2D eigenvalue weighted by molar-refractivity contribution is -0.134. The van der Waals surface area contributed by atoms with Crippen molar-refractivity contribution in [2.45, 2.75) is 26.1 Å². The summed E-state index contributed by atoms with van der Waals surface area (Å²) in [5.41, 5.74) is 4.62. The molecule has 0 atom stereocenters. The third kappa shape index (κ3) is 4.85. The maximum absolute atomic E-state index is 14.2. The van der Waals surface area contributed by atoms with Gasteiger partial charge < -0.3 is 9.64 Å². The number of amides is 1. The van der Waals surface area contributed by atoms with Crippen LogP contribution in [0.4, 0.5) is 4.39 Å². The van der Waals surface area contributed by atoms with Gasteiger partial charge in [-0.25, -0.2) is 9.07 Å². The summed E-state index contributed by atoms with van der Waals surface area (Å²) in [4.78, 5) is 16.1. The number of carbonyl (C=O) groups is 1. The average Bonchev–Trinajstić information content (AvgIpc) is 3.13. The Labute approximate surface area is 192 Å². The van der Waals surface area contributed by atoms with E-state index in [2.05, 4.69) is 4.90 Å². The molecule has 4 rings (SSSR count). The van der Waals surface area contributed by atoms with E-state index in [9.17, 15) is 9.18 Å². The van der Waals surface area contributed by atoms with Crippen LogP contribution in [0, 0.1) is 5.82 Å². The summed E-state index contributed by atoms with van der Waals surface area (Å²) in [5.74, 6) is -0.304. The van der Waals surface area contributed by atoms with E-state index in [1.165, 1.54) is 13.2 Å². The van der Waals surface area contributed by atoms with E-state index in [-0.39, 0.29) is 18.3 Å². The maximum atomic E-state index is 14.2. The first-order valence-corrected chi connectivity index (χ1v) is 10.9. The number of fused-ring (bicyclic) bond motifs is 1. The van der Waals surface area contributed by atoms with Crippen LogP contribution in [0.2, 0.25) is 5.02 Å². The van der Waals surface area contributed by atoms with Gasteiger partial charge >= 0.3 is 0 Å². The highest BCUT2D eigenvalue weighted by atomic mass is 35.5. The molecular formula is C24H26ClFN4O2. The number of carbonyl (C=O) groups excluding carboxylic acids is 1. The monoisotopic (exact) mass is 456 g/mol. The number of methoxy groups -OCH3 is 1. The molecule has 0 spiro atoms. The second kappa shape index (κ2) is 9.81. The molecular weight excluding hydrogens is 431 g/mol. The van der Waals surface area contributed by atoms with E-state index in [0.29, 0.717) is 30.2 Å². The molecule has 0 fully saturated rings. The first kappa shape index (κ1) is 22.5. The van der Waals surface area contributed by atoms with Crippen LogP contribution in [0.5, 0.6) is 0 Å². The molecule has 0 bridgehead atoms. The van der Waals surface area contributed by atoms with Gasteiger partial charge in [0.05, 0.1) is 23.6 Å². The predicted molar refractivity (Wildman–Crippen MR) is 121 cm³/mol. The van der Waals surface area contributed by atoms with Gasteiger partial charge in [0.2, 0.25) is 5.91 Å². The number of ether oxygens (including phenoxy) is 1. The minimum atomic E-state index is -0.194. The van der Waals surface area contributed by atoms with Crippen molar-refractivity contribution in [1.82, 2.24) is 19.6 Å². The molecule has 6 nitrogen and oxygen atoms in total. The highest BCUT2D eigenvalue weighted by Gasteiger charge is 2.27. The molecule has 8 heteroatoms. The summed E-state index contributed by atoms with van der Waals surface area (Å²) >= 11 is 6.07. The summed E-state index contributed by atoms with van der Waals surface area (Å²) in [6.07, 6.45) is 0.773. The van der Waals surface area contributed by atoms with E-state index >= 15 is 0 Å². The third-order valence-electron chi connectivity index (χ3n) is 5.72. The van der Waals surface area contributed by atoms with E-state index in [4.69, 9.17) is 21.4 Å². The highest BCUT2D eigenvalue weighted by Crippen LogP contribution is 2.28. The van der Waals surface area contributed by atoms with Crippen molar-refractivity contribution in [3.8, 4) is 5.69 Å². The van der Waals surface area contributed by atoms with Crippen molar-refractivity contribution in [1.29, 1.82) is 0 Å². The fourth-order valence-electron chi connectivity index (χ4n) is 4.01. The zero-order chi connectivity index (χ0) is 22.7. The molecule has 1 amide bonds. The topological polar surface area (TPSA) is 50.6 Å². The molecule has 0 N–H and O–H groups in total. The second-order valence-corrected chi connectivity index (χ2v) is 8.43. The zero-order valence-electron chi connectivity index (χ0n) is 18.2. The molecule has 2 aromatic carbocycles. The Morgan fingerprint density at radius 2 is 1.97 bits per heavy atom. The van der Waals surface area contributed by atoms with E-state index in [1.54, 1.807) is 18.0 Å². The van der Waals surface area contributed by atoms with Gasteiger partial charge in [-0.15, -0.1) is 0 Å². The lowest BCUT2D eigenvalue weighted by Crippen LogP contribution is -2.33. The van der Waals surface area contributed by atoms with Crippen LogP contribution >= 0.6 is 11.6 Å². The van der Waals surface area contributed by atoms with Crippen molar-refractivity contribution < 1.29 is 13.9 Å². The van der Waals surface area contributed by atoms with Crippen LogP contribution in [0.15, 0.2) is 48.5 Å². The van der Waals surface area contributed by atoms with Crippen LogP contribution in [-0.4, -0.2) is 52.8 Å². The summed E-state index contributed by atoms with van der Waals surface area (Å²) in [6.45, 7) is 2.35. The number of likely N-dealkylation sites (N-methyl/N-ethyl adjacent to an activating group) is 1. The Morgan fingerprint density at radius 1 is 1.22 bits per heavy atom. The first-order valence-electron chi connectivity index (χ1n) is 10.5. The smallest absolute Gasteiger partial charge is 0.248 e. The lowest BCUT2D eigenvalue weighted by atomic mass is 10.0. The van der Waals surface area contributed by atoms with E-state index in [1.807, 2.05) is 41.1 Å². The molecule has 2 heterocycles. The summed E-state index contributed by atoms with van der Waals surface area (Å²) in [5, 5.41) is 5.53. The lowest BCUT2D eigenvalue weighted by Gasteiger charge is -2.28. The molecule has 0 radical (unpaired) electrons. The minimum absolute atomic E-state index is 0.0238. The van der Waals surface area contributed by atoms with Gasteiger partial charge in [0.15, 0.2) is 0 Å². The Bertz CT molecular complexity index is 1100. The van der Waals surface area contributed by atoms with Crippen molar-refractivity contribution in [3.05, 3.63) is 81.9 Å². The van der Waals surface area contributed by atoms with E-state index < -0.39 is 0 Å². The second-order valence-electron chi connectivity index (χ2n) is 8.00. The SMILES string of the molecule is COCC(=O)N(C)Cc1nn(-c2ccc(Cl)cc2)c2c1CN(Cc1ccccc1F)CC2. The molecule has 168 valence electrons. The summed E-state index contributed by atoms with van der Waals surface area (Å²) in [7, 11) is 3.25. The van der Waals surface area contributed by atoms with Gasteiger partial charge in [-0.2, -0.15) is 5.10 Å². The Hall–Kier alpha value is -2.74. The number of rotatable bonds is 7. The average molecular weight is 457 g/mol. The fraction of sp³-hybridized carbons (Fsp3) is 0.333. The molecule has 3 aromatic rings. The quantitative estimate of drug-likeness (QED) is 0.542. The molecule has 1 aliphatic heterocycles. The molecule has 0 unspecified atom stereocenters. The number of nitrogens with zero attached hydrogens (tertiary/aromatic N) is 4. The predicted octanol–water partition coefficient (Wildman–Crippen LogP) is 3.83. The normalized spacial score (nSPS) is 13.8. The van der Waals surface area contributed by atoms with Gasteiger partial charge in [0.25, 0.3) is 0 Å². The van der Waals surface area contributed by atoms with Crippen molar-refractivity contribution >= 4 is 17.5 Å². The van der Waals surface area contributed by atoms with Crippen LogP contribution in [0.1, 0.15) is 22.5 Å². The van der Waals surface area contributed by atoms with Gasteiger partial charge in [-0.1, -0.05) is 29.8 Å². The van der Waals surface area contributed by atoms with Gasteiger partial charge in [0, 0.05) is 56.4 Å².